The van der Waals surface area contributed by atoms with Gasteiger partial charge in [-0.1, -0.05) is 17.7 Å². The van der Waals surface area contributed by atoms with E-state index in [0.29, 0.717) is 41.2 Å². The molecule has 0 bridgehead atoms. The standard InChI is InChI=1S/C20H17ClN4O3/c1-12-2-3-13(8-15(12)21)25-20(26)16-10-23-19(11-22-16)24-14-4-5-17-18(9-14)28-7-6-27-17/h2-5,8-11H,6-7H2,1H3,(H,23,24)(H,25,26). The Bertz CT molecular complexity index is 1020. The van der Waals surface area contributed by atoms with Gasteiger partial charge in [0.05, 0.1) is 12.4 Å². The summed E-state index contributed by atoms with van der Waals surface area (Å²) >= 11 is 6.08. The summed E-state index contributed by atoms with van der Waals surface area (Å²) in [5.74, 6) is 1.54. The Morgan fingerprint density at radius 1 is 1.00 bits per heavy atom. The summed E-state index contributed by atoms with van der Waals surface area (Å²) < 4.78 is 11.1. The number of carbonyl (C=O) groups is 1. The van der Waals surface area contributed by atoms with Crippen molar-refractivity contribution in [3.63, 3.8) is 0 Å². The minimum Gasteiger partial charge on any atom is -0.486 e. The lowest BCUT2D eigenvalue weighted by molar-refractivity contribution is 0.102. The lowest BCUT2D eigenvalue weighted by Gasteiger charge is -2.19. The fraction of sp³-hybridized carbons (Fsp3) is 0.150. The number of nitrogens with one attached hydrogen (secondary N) is 2. The molecule has 0 fully saturated rings. The fourth-order valence-corrected chi connectivity index (χ4v) is 2.83. The summed E-state index contributed by atoms with van der Waals surface area (Å²) in [4.78, 5) is 20.8. The highest BCUT2D eigenvalue weighted by Crippen LogP contribution is 2.33. The molecule has 0 unspecified atom stereocenters. The zero-order valence-corrected chi connectivity index (χ0v) is 15.8. The van der Waals surface area contributed by atoms with Crippen LogP contribution in [0.25, 0.3) is 0 Å². The monoisotopic (exact) mass is 396 g/mol. The van der Waals surface area contributed by atoms with Crippen LogP contribution in [0.1, 0.15) is 16.1 Å². The Morgan fingerprint density at radius 3 is 2.54 bits per heavy atom. The van der Waals surface area contributed by atoms with Crippen LogP contribution in [0.15, 0.2) is 48.8 Å². The molecule has 3 aromatic rings. The Kier molecular flexibility index (Phi) is 4.99. The number of ether oxygens (including phenoxy) is 2. The molecular weight excluding hydrogens is 380 g/mol. The van der Waals surface area contributed by atoms with Gasteiger partial charge in [0.2, 0.25) is 0 Å². The molecule has 7 nitrogen and oxygen atoms in total. The first-order valence-electron chi connectivity index (χ1n) is 8.65. The van der Waals surface area contributed by atoms with Gasteiger partial charge in [-0.3, -0.25) is 4.79 Å². The Hall–Kier alpha value is -3.32. The van der Waals surface area contributed by atoms with Gasteiger partial charge in [0.25, 0.3) is 5.91 Å². The number of halogens is 1. The predicted molar refractivity (Wildman–Crippen MR) is 107 cm³/mol. The summed E-state index contributed by atoms with van der Waals surface area (Å²) in [6.45, 7) is 2.96. The van der Waals surface area contributed by atoms with Crippen LogP contribution in [-0.4, -0.2) is 29.1 Å². The molecule has 0 saturated carbocycles. The summed E-state index contributed by atoms with van der Waals surface area (Å²) in [6, 6.07) is 10.8. The molecule has 1 aromatic heterocycles. The highest BCUT2D eigenvalue weighted by atomic mass is 35.5. The van der Waals surface area contributed by atoms with E-state index < -0.39 is 0 Å². The average molecular weight is 397 g/mol. The topological polar surface area (TPSA) is 85.4 Å². The molecule has 0 spiro atoms. The van der Waals surface area contributed by atoms with E-state index in [4.69, 9.17) is 21.1 Å². The van der Waals surface area contributed by atoms with Crippen LogP contribution in [0.5, 0.6) is 11.5 Å². The first-order valence-corrected chi connectivity index (χ1v) is 9.02. The number of nitrogens with zero attached hydrogens (tertiary/aromatic N) is 2. The fourth-order valence-electron chi connectivity index (χ4n) is 2.64. The third kappa shape index (κ3) is 3.99. The molecule has 28 heavy (non-hydrogen) atoms. The molecule has 0 radical (unpaired) electrons. The van der Waals surface area contributed by atoms with Crippen molar-refractivity contribution in [2.45, 2.75) is 6.92 Å². The van der Waals surface area contributed by atoms with E-state index in [1.165, 1.54) is 12.4 Å². The van der Waals surface area contributed by atoms with Gasteiger partial charge in [0.1, 0.15) is 24.7 Å². The highest BCUT2D eigenvalue weighted by molar-refractivity contribution is 6.31. The Morgan fingerprint density at radius 2 is 1.79 bits per heavy atom. The van der Waals surface area contributed by atoms with Gasteiger partial charge in [-0.15, -0.1) is 0 Å². The van der Waals surface area contributed by atoms with Crippen molar-refractivity contribution in [2.24, 2.45) is 0 Å². The molecule has 8 heteroatoms. The lowest BCUT2D eigenvalue weighted by atomic mass is 10.2. The largest absolute Gasteiger partial charge is 0.486 e. The number of anilines is 3. The number of aryl methyl sites for hydroxylation is 1. The normalized spacial score (nSPS) is 12.4. The molecule has 0 aliphatic carbocycles. The summed E-state index contributed by atoms with van der Waals surface area (Å²) in [5, 5.41) is 6.46. The minimum atomic E-state index is -0.363. The number of hydrogen-bond acceptors (Lipinski definition) is 6. The summed E-state index contributed by atoms with van der Waals surface area (Å²) in [7, 11) is 0. The van der Waals surface area contributed by atoms with E-state index in [2.05, 4.69) is 20.6 Å². The number of carbonyl (C=O) groups excluding carboxylic acids is 1. The van der Waals surface area contributed by atoms with E-state index in [1.807, 2.05) is 31.2 Å². The second-order valence-corrected chi connectivity index (χ2v) is 6.60. The van der Waals surface area contributed by atoms with Crippen LogP contribution in [0.2, 0.25) is 5.02 Å². The van der Waals surface area contributed by atoms with E-state index in [9.17, 15) is 4.79 Å². The zero-order chi connectivity index (χ0) is 19.5. The molecule has 1 aliphatic rings. The van der Waals surface area contributed by atoms with Crippen molar-refractivity contribution < 1.29 is 14.3 Å². The molecule has 0 atom stereocenters. The Labute approximate surface area is 166 Å². The maximum absolute atomic E-state index is 12.3. The summed E-state index contributed by atoms with van der Waals surface area (Å²) in [5.41, 5.74) is 2.52. The van der Waals surface area contributed by atoms with Crippen LogP contribution < -0.4 is 20.1 Å². The zero-order valence-electron chi connectivity index (χ0n) is 15.0. The van der Waals surface area contributed by atoms with Gasteiger partial charge in [0.15, 0.2) is 11.5 Å². The molecule has 1 amide bonds. The van der Waals surface area contributed by atoms with Crippen molar-refractivity contribution >= 4 is 34.7 Å². The second-order valence-electron chi connectivity index (χ2n) is 6.19. The number of rotatable bonds is 4. The van der Waals surface area contributed by atoms with Gasteiger partial charge in [0, 0.05) is 22.5 Å². The SMILES string of the molecule is Cc1ccc(NC(=O)c2cnc(Nc3ccc4c(c3)OCCO4)cn2)cc1Cl. The van der Waals surface area contributed by atoms with E-state index in [1.54, 1.807) is 12.1 Å². The first kappa shape index (κ1) is 18.1. The van der Waals surface area contributed by atoms with E-state index in [0.717, 1.165) is 11.3 Å². The van der Waals surface area contributed by atoms with Crippen molar-refractivity contribution in [2.75, 3.05) is 23.8 Å². The van der Waals surface area contributed by atoms with Crippen molar-refractivity contribution in [3.8, 4) is 11.5 Å². The highest BCUT2D eigenvalue weighted by Gasteiger charge is 2.13. The number of benzene rings is 2. The first-order chi connectivity index (χ1) is 13.6. The van der Waals surface area contributed by atoms with Gasteiger partial charge < -0.3 is 20.1 Å². The van der Waals surface area contributed by atoms with Crippen LogP contribution in [0.4, 0.5) is 17.2 Å². The Balaban J connectivity index is 1.43. The third-order valence-corrected chi connectivity index (χ3v) is 4.54. The number of aromatic nitrogens is 2. The molecule has 2 N–H and O–H groups in total. The van der Waals surface area contributed by atoms with Gasteiger partial charge in [-0.2, -0.15) is 0 Å². The predicted octanol–water partition coefficient (Wildman–Crippen LogP) is 4.21. The van der Waals surface area contributed by atoms with Crippen molar-refractivity contribution in [3.05, 3.63) is 65.1 Å². The third-order valence-electron chi connectivity index (χ3n) is 4.13. The summed E-state index contributed by atoms with van der Waals surface area (Å²) in [6.07, 6.45) is 2.90. The average Bonchev–Trinajstić information content (AvgIpc) is 2.71. The van der Waals surface area contributed by atoms with Crippen LogP contribution in [0, 0.1) is 6.92 Å². The van der Waals surface area contributed by atoms with Crippen LogP contribution >= 0.6 is 11.6 Å². The second kappa shape index (κ2) is 7.74. The van der Waals surface area contributed by atoms with Crippen molar-refractivity contribution in [1.82, 2.24) is 9.97 Å². The number of fused-ring (bicyclic) bond motifs is 1. The minimum absolute atomic E-state index is 0.199. The number of hydrogen-bond donors (Lipinski definition) is 2. The molecule has 2 aromatic carbocycles. The molecule has 1 aliphatic heterocycles. The van der Waals surface area contributed by atoms with Gasteiger partial charge >= 0.3 is 0 Å². The smallest absolute Gasteiger partial charge is 0.275 e. The van der Waals surface area contributed by atoms with E-state index >= 15 is 0 Å². The molecule has 0 saturated heterocycles. The van der Waals surface area contributed by atoms with Gasteiger partial charge in [-0.05, 0) is 36.8 Å². The maximum atomic E-state index is 12.3. The van der Waals surface area contributed by atoms with Crippen LogP contribution in [0.3, 0.4) is 0 Å². The molecule has 2 heterocycles. The molecular formula is C20H17ClN4O3. The van der Waals surface area contributed by atoms with E-state index in [-0.39, 0.29) is 11.6 Å². The van der Waals surface area contributed by atoms with Crippen LogP contribution in [-0.2, 0) is 0 Å². The number of amides is 1. The molecule has 142 valence electrons. The maximum Gasteiger partial charge on any atom is 0.275 e. The van der Waals surface area contributed by atoms with Crippen molar-refractivity contribution in [1.29, 1.82) is 0 Å². The lowest BCUT2D eigenvalue weighted by Crippen LogP contribution is -2.15. The quantitative estimate of drug-likeness (QED) is 0.687. The van der Waals surface area contributed by atoms with Gasteiger partial charge in [-0.25, -0.2) is 9.97 Å². The molecule has 4 rings (SSSR count).